The SMILES string of the molecule is CCCCCCCCCCCCCCC(O)C(C)(C)N. The molecule has 0 fully saturated rings. The Bertz CT molecular complexity index is 198. The smallest absolute Gasteiger partial charge is 0.0714 e. The van der Waals surface area contributed by atoms with Crippen LogP contribution in [-0.2, 0) is 0 Å². The average Bonchev–Trinajstić information content (AvgIpc) is 2.38. The Morgan fingerprint density at radius 2 is 1.10 bits per heavy atom. The Hall–Kier alpha value is -0.0800. The molecule has 0 aromatic rings. The van der Waals surface area contributed by atoms with Crippen molar-refractivity contribution in [2.45, 2.75) is 116 Å². The molecule has 0 aromatic carbocycles. The first-order valence-corrected chi connectivity index (χ1v) is 8.95. The van der Waals surface area contributed by atoms with E-state index in [0.717, 1.165) is 12.8 Å². The summed E-state index contributed by atoms with van der Waals surface area (Å²) in [5, 5.41) is 9.82. The predicted octanol–water partition coefficient (Wildman–Crippen LogP) is 5.18. The van der Waals surface area contributed by atoms with Gasteiger partial charge in [-0.3, -0.25) is 0 Å². The topological polar surface area (TPSA) is 46.2 Å². The number of aliphatic hydroxyl groups excluding tert-OH is 1. The number of nitrogens with two attached hydrogens (primary N) is 1. The van der Waals surface area contributed by atoms with Crippen LogP contribution in [-0.4, -0.2) is 16.7 Å². The molecule has 1 unspecified atom stereocenters. The zero-order valence-electron chi connectivity index (χ0n) is 14.3. The number of hydrogen-bond donors (Lipinski definition) is 2. The summed E-state index contributed by atoms with van der Waals surface area (Å²) in [6.07, 6.45) is 16.8. The first-order valence-electron chi connectivity index (χ1n) is 8.95. The summed E-state index contributed by atoms with van der Waals surface area (Å²) in [6.45, 7) is 6.07. The minimum atomic E-state index is -0.447. The van der Waals surface area contributed by atoms with Gasteiger partial charge in [-0.25, -0.2) is 0 Å². The fourth-order valence-corrected chi connectivity index (χ4v) is 2.55. The average molecular weight is 286 g/mol. The molecule has 0 saturated heterocycles. The second-order valence-electron chi connectivity index (χ2n) is 7.01. The van der Waals surface area contributed by atoms with Gasteiger partial charge in [0.1, 0.15) is 0 Å². The van der Waals surface area contributed by atoms with Crippen LogP contribution < -0.4 is 5.73 Å². The highest BCUT2D eigenvalue weighted by Crippen LogP contribution is 2.15. The van der Waals surface area contributed by atoms with Gasteiger partial charge in [0.15, 0.2) is 0 Å². The van der Waals surface area contributed by atoms with Crippen LogP contribution in [0.15, 0.2) is 0 Å². The van der Waals surface area contributed by atoms with Crippen LogP contribution >= 0.6 is 0 Å². The van der Waals surface area contributed by atoms with Gasteiger partial charge in [0, 0.05) is 5.54 Å². The van der Waals surface area contributed by atoms with E-state index >= 15 is 0 Å². The van der Waals surface area contributed by atoms with Gasteiger partial charge in [-0.05, 0) is 20.3 Å². The third kappa shape index (κ3) is 12.9. The number of hydrogen-bond acceptors (Lipinski definition) is 2. The second kappa shape index (κ2) is 12.6. The van der Waals surface area contributed by atoms with Gasteiger partial charge in [0.05, 0.1) is 6.10 Å². The standard InChI is InChI=1S/C18H39NO/c1-4-5-6-7-8-9-10-11-12-13-14-15-16-17(20)18(2,3)19/h17,20H,4-16,19H2,1-3H3. The molecule has 20 heavy (non-hydrogen) atoms. The molecule has 0 heterocycles. The van der Waals surface area contributed by atoms with Gasteiger partial charge in [0.2, 0.25) is 0 Å². The van der Waals surface area contributed by atoms with Gasteiger partial charge < -0.3 is 10.8 Å². The maximum atomic E-state index is 9.82. The van der Waals surface area contributed by atoms with Crippen LogP contribution in [0, 0.1) is 0 Å². The van der Waals surface area contributed by atoms with Crippen molar-refractivity contribution in [1.82, 2.24) is 0 Å². The summed E-state index contributed by atoms with van der Waals surface area (Å²) in [6, 6.07) is 0. The monoisotopic (exact) mass is 285 g/mol. The van der Waals surface area contributed by atoms with Crippen molar-refractivity contribution < 1.29 is 5.11 Å². The number of aliphatic hydroxyl groups is 1. The normalized spacial score (nSPS) is 13.7. The molecule has 0 radical (unpaired) electrons. The summed E-state index contributed by atoms with van der Waals surface area (Å²) in [5.74, 6) is 0. The van der Waals surface area contributed by atoms with E-state index in [1.807, 2.05) is 13.8 Å². The molecule has 0 aliphatic heterocycles. The molecule has 0 spiro atoms. The molecule has 1 atom stereocenters. The van der Waals surface area contributed by atoms with Crippen LogP contribution in [0.3, 0.4) is 0 Å². The number of rotatable bonds is 14. The Labute approximate surface area is 127 Å². The third-order valence-corrected chi connectivity index (χ3v) is 4.19. The molecule has 0 aromatic heterocycles. The van der Waals surface area contributed by atoms with Crippen LogP contribution in [0.4, 0.5) is 0 Å². The van der Waals surface area contributed by atoms with Gasteiger partial charge >= 0.3 is 0 Å². The molecular formula is C18H39NO. The highest BCUT2D eigenvalue weighted by Gasteiger charge is 2.21. The lowest BCUT2D eigenvalue weighted by Crippen LogP contribution is -2.44. The molecule has 0 rings (SSSR count). The molecule has 122 valence electrons. The van der Waals surface area contributed by atoms with Crippen molar-refractivity contribution in [2.24, 2.45) is 5.73 Å². The lowest BCUT2D eigenvalue weighted by atomic mass is 9.94. The van der Waals surface area contributed by atoms with Crippen LogP contribution in [0.25, 0.3) is 0 Å². The summed E-state index contributed by atoms with van der Waals surface area (Å²) >= 11 is 0. The summed E-state index contributed by atoms with van der Waals surface area (Å²) in [7, 11) is 0. The largest absolute Gasteiger partial charge is 0.391 e. The molecule has 0 amide bonds. The maximum Gasteiger partial charge on any atom is 0.0714 e. The summed E-state index contributed by atoms with van der Waals surface area (Å²) < 4.78 is 0. The van der Waals surface area contributed by atoms with E-state index in [1.54, 1.807) is 0 Å². The highest BCUT2D eigenvalue weighted by atomic mass is 16.3. The predicted molar refractivity (Wildman–Crippen MR) is 90.0 cm³/mol. The van der Waals surface area contributed by atoms with E-state index < -0.39 is 5.54 Å². The molecule has 0 bridgehead atoms. The highest BCUT2D eigenvalue weighted by molar-refractivity contribution is 4.81. The van der Waals surface area contributed by atoms with Crippen molar-refractivity contribution >= 4 is 0 Å². The zero-order chi connectivity index (χ0) is 15.3. The molecule has 3 N–H and O–H groups in total. The Balaban J connectivity index is 3.14. The molecule has 2 heteroatoms. The van der Waals surface area contributed by atoms with E-state index in [1.165, 1.54) is 70.6 Å². The Morgan fingerprint density at radius 1 is 0.750 bits per heavy atom. The molecule has 0 aliphatic carbocycles. The first kappa shape index (κ1) is 19.9. The van der Waals surface area contributed by atoms with Crippen molar-refractivity contribution in [3.63, 3.8) is 0 Å². The van der Waals surface area contributed by atoms with Crippen LogP contribution in [0.2, 0.25) is 0 Å². The maximum absolute atomic E-state index is 9.82. The van der Waals surface area contributed by atoms with E-state index in [-0.39, 0.29) is 6.10 Å². The van der Waals surface area contributed by atoms with E-state index in [2.05, 4.69) is 6.92 Å². The fraction of sp³-hybridized carbons (Fsp3) is 1.00. The van der Waals surface area contributed by atoms with Crippen LogP contribution in [0.1, 0.15) is 104 Å². The van der Waals surface area contributed by atoms with Crippen molar-refractivity contribution in [3.05, 3.63) is 0 Å². The Morgan fingerprint density at radius 3 is 1.45 bits per heavy atom. The molecule has 0 saturated carbocycles. The van der Waals surface area contributed by atoms with Crippen molar-refractivity contribution in [1.29, 1.82) is 0 Å². The van der Waals surface area contributed by atoms with E-state index in [9.17, 15) is 5.11 Å². The number of unbranched alkanes of at least 4 members (excludes halogenated alkanes) is 11. The summed E-state index contributed by atoms with van der Waals surface area (Å²) in [4.78, 5) is 0. The quantitative estimate of drug-likeness (QED) is 0.432. The van der Waals surface area contributed by atoms with Gasteiger partial charge in [-0.15, -0.1) is 0 Å². The van der Waals surface area contributed by atoms with Crippen molar-refractivity contribution in [3.8, 4) is 0 Å². The summed E-state index contributed by atoms with van der Waals surface area (Å²) in [5.41, 5.74) is 5.42. The van der Waals surface area contributed by atoms with Gasteiger partial charge in [-0.1, -0.05) is 84.0 Å². The molecular weight excluding hydrogens is 246 g/mol. The third-order valence-electron chi connectivity index (χ3n) is 4.19. The molecule has 0 aliphatic rings. The minimum Gasteiger partial charge on any atom is -0.391 e. The van der Waals surface area contributed by atoms with Gasteiger partial charge in [-0.2, -0.15) is 0 Å². The van der Waals surface area contributed by atoms with Crippen LogP contribution in [0.5, 0.6) is 0 Å². The van der Waals surface area contributed by atoms with E-state index in [4.69, 9.17) is 5.73 Å². The fourth-order valence-electron chi connectivity index (χ4n) is 2.55. The minimum absolute atomic E-state index is 0.356. The van der Waals surface area contributed by atoms with E-state index in [0.29, 0.717) is 0 Å². The first-order chi connectivity index (χ1) is 9.48. The molecule has 2 nitrogen and oxygen atoms in total. The lowest BCUT2D eigenvalue weighted by Gasteiger charge is -2.25. The lowest BCUT2D eigenvalue weighted by molar-refractivity contribution is 0.0925. The van der Waals surface area contributed by atoms with Crippen molar-refractivity contribution in [2.75, 3.05) is 0 Å². The van der Waals surface area contributed by atoms with Gasteiger partial charge in [0.25, 0.3) is 0 Å². The Kier molecular flexibility index (Phi) is 12.6. The zero-order valence-corrected chi connectivity index (χ0v) is 14.3. The second-order valence-corrected chi connectivity index (χ2v) is 7.01.